The average molecular weight is 273 g/mol. The molecule has 2 aromatic carbocycles. The summed E-state index contributed by atoms with van der Waals surface area (Å²) in [5.41, 5.74) is 1.95. The number of carbonyl (C=O) groups excluding carboxylic acids is 1. The summed E-state index contributed by atoms with van der Waals surface area (Å²) in [6, 6.07) is 11.8. The third kappa shape index (κ3) is 3.57. The summed E-state index contributed by atoms with van der Waals surface area (Å²) in [7, 11) is 1.59. The molecule has 0 bridgehead atoms. The van der Waals surface area contributed by atoms with Crippen molar-refractivity contribution in [1.82, 2.24) is 0 Å². The summed E-state index contributed by atoms with van der Waals surface area (Å²) in [6.07, 6.45) is 0.192. The lowest BCUT2D eigenvalue weighted by Gasteiger charge is -2.08. The number of hydrogen-bond donors (Lipinski definition) is 1. The standard InChI is InChI=1S/C16H16FNO2/c1-11-3-8-14(17)15(9-11)18-16(19)10-12-4-6-13(20-2)7-5-12/h3-9H,10H2,1-2H3,(H,18,19). The van der Waals surface area contributed by atoms with E-state index >= 15 is 0 Å². The van der Waals surface area contributed by atoms with Crippen molar-refractivity contribution < 1.29 is 13.9 Å². The topological polar surface area (TPSA) is 38.3 Å². The van der Waals surface area contributed by atoms with Gasteiger partial charge in [0.25, 0.3) is 0 Å². The molecule has 0 aliphatic carbocycles. The van der Waals surface area contributed by atoms with Crippen molar-refractivity contribution in [2.24, 2.45) is 0 Å². The Morgan fingerprint density at radius 3 is 2.55 bits per heavy atom. The first-order chi connectivity index (χ1) is 9.58. The molecule has 0 spiro atoms. The van der Waals surface area contributed by atoms with Crippen LogP contribution in [0.15, 0.2) is 42.5 Å². The lowest BCUT2D eigenvalue weighted by atomic mass is 10.1. The molecular formula is C16H16FNO2. The maximum atomic E-state index is 13.5. The van der Waals surface area contributed by atoms with E-state index in [2.05, 4.69) is 5.32 Å². The molecule has 0 atom stereocenters. The van der Waals surface area contributed by atoms with Crippen LogP contribution in [0.1, 0.15) is 11.1 Å². The van der Waals surface area contributed by atoms with Gasteiger partial charge in [-0.15, -0.1) is 0 Å². The number of halogens is 1. The van der Waals surface area contributed by atoms with E-state index in [1.807, 2.05) is 19.1 Å². The number of benzene rings is 2. The largest absolute Gasteiger partial charge is 0.497 e. The van der Waals surface area contributed by atoms with Crippen LogP contribution in [0.5, 0.6) is 5.75 Å². The van der Waals surface area contributed by atoms with E-state index in [4.69, 9.17) is 4.74 Å². The van der Waals surface area contributed by atoms with E-state index in [-0.39, 0.29) is 18.0 Å². The highest BCUT2D eigenvalue weighted by Crippen LogP contribution is 2.17. The van der Waals surface area contributed by atoms with Crippen molar-refractivity contribution in [1.29, 1.82) is 0 Å². The summed E-state index contributed by atoms with van der Waals surface area (Å²) < 4.78 is 18.6. The molecule has 0 radical (unpaired) electrons. The lowest BCUT2D eigenvalue weighted by molar-refractivity contribution is -0.115. The van der Waals surface area contributed by atoms with Gasteiger partial charge in [0.1, 0.15) is 11.6 Å². The van der Waals surface area contributed by atoms with Crippen molar-refractivity contribution in [3.8, 4) is 5.75 Å². The molecule has 4 heteroatoms. The van der Waals surface area contributed by atoms with Gasteiger partial charge in [0.2, 0.25) is 5.91 Å². The second kappa shape index (κ2) is 6.19. The molecule has 0 saturated carbocycles. The Morgan fingerprint density at radius 2 is 1.90 bits per heavy atom. The van der Waals surface area contributed by atoms with Gasteiger partial charge in [0.05, 0.1) is 19.2 Å². The number of ether oxygens (including phenoxy) is 1. The van der Waals surface area contributed by atoms with Crippen molar-refractivity contribution in [2.45, 2.75) is 13.3 Å². The van der Waals surface area contributed by atoms with Gasteiger partial charge in [0.15, 0.2) is 0 Å². The highest BCUT2D eigenvalue weighted by atomic mass is 19.1. The SMILES string of the molecule is COc1ccc(CC(=O)Nc2cc(C)ccc2F)cc1. The first-order valence-electron chi connectivity index (χ1n) is 6.27. The first kappa shape index (κ1) is 14.1. The van der Waals surface area contributed by atoms with E-state index < -0.39 is 5.82 Å². The predicted molar refractivity (Wildman–Crippen MR) is 76.5 cm³/mol. The molecule has 3 nitrogen and oxygen atoms in total. The highest BCUT2D eigenvalue weighted by Gasteiger charge is 2.08. The monoisotopic (exact) mass is 273 g/mol. The second-order valence-corrected chi connectivity index (χ2v) is 4.56. The third-order valence-corrected chi connectivity index (χ3v) is 2.92. The number of anilines is 1. The van der Waals surface area contributed by atoms with Gasteiger partial charge in [-0.3, -0.25) is 4.79 Å². The molecule has 1 amide bonds. The average Bonchev–Trinajstić information content (AvgIpc) is 2.43. The molecule has 0 unspecified atom stereocenters. The fraction of sp³-hybridized carbons (Fsp3) is 0.188. The quantitative estimate of drug-likeness (QED) is 0.928. The Labute approximate surface area is 117 Å². The summed E-state index contributed by atoms with van der Waals surface area (Å²) in [5.74, 6) is 0.0530. The third-order valence-electron chi connectivity index (χ3n) is 2.92. The van der Waals surface area contributed by atoms with E-state index in [1.165, 1.54) is 6.07 Å². The zero-order valence-corrected chi connectivity index (χ0v) is 11.4. The Bertz CT molecular complexity index is 608. The zero-order valence-electron chi connectivity index (χ0n) is 11.4. The van der Waals surface area contributed by atoms with E-state index in [0.29, 0.717) is 0 Å². The van der Waals surface area contributed by atoms with Crippen molar-refractivity contribution in [2.75, 3.05) is 12.4 Å². The Kier molecular flexibility index (Phi) is 4.35. The smallest absolute Gasteiger partial charge is 0.228 e. The molecular weight excluding hydrogens is 257 g/mol. The van der Waals surface area contributed by atoms with E-state index in [0.717, 1.165) is 16.9 Å². The number of nitrogens with one attached hydrogen (secondary N) is 1. The van der Waals surface area contributed by atoms with Gasteiger partial charge in [-0.2, -0.15) is 0 Å². The number of hydrogen-bond acceptors (Lipinski definition) is 2. The minimum atomic E-state index is -0.432. The van der Waals surface area contributed by atoms with Gasteiger partial charge in [0, 0.05) is 0 Å². The van der Waals surface area contributed by atoms with Gasteiger partial charge in [-0.1, -0.05) is 18.2 Å². The molecule has 0 fully saturated rings. The Hall–Kier alpha value is -2.36. The van der Waals surface area contributed by atoms with Crippen molar-refractivity contribution in [3.05, 3.63) is 59.4 Å². The first-order valence-corrected chi connectivity index (χ1v) is 6.27. The van der Waals surface area contributed by atoms with Crippen LogP contribution >= 0.6 is 0 Å². The number of aryl methyl sites for hydroxylation is 1. The van der Waals surface area contributed by atoms with Crippen LogP contribution in [0, 0.1) is 12.7 Å². The summed E-state index contributed by atoms with van der Waals surface area (Å²) in [4.78, 5) is 11.9. The number of carbonyl (C=O) groups is 1. The summed E-state index contributed by atoms with van der Waals surface area (Å²) in [5, 5.41) is 2.58. The molecule has 0 aromatic heterocycles. The summed E-state index contributed by atoms with van der Waals surface area (Å²) >= 11 is 0. The maximum absolute atomic E-state index is 13.5. The van der Waals surface area contributed by atoms with Gasteiger partial charge < -0.3 is 10.1 Å². The molecule has 0 heterocycles. The van der Waals surface area contributed by atoms with Crippen LogP contribution in [0.25, 0.3) is 0 Å². The lowest BCUT2D eigenvalue weighted by Crippen LogP contribution is -2.15. The fourth-order valence-corrected chi connectivity index (χ4v) is 1.86. The van der Waals surface area contributed by atoms with Crippen molar-refractivity contribution >= 4 is 11.6 Å². The molecule has 0 aliphatic heterocycles. The highest BCUT2D eigenvalue weighted by molar-refractivity contribution is 5.92. The number of methoxy groups -OCH3 is 1. The van der Waals surface area contributed by atoms with Gasteiger partial charge in [-0.25, -0.2) is 4.39 Å². The predicted octanol–water partition coefficient (Wildman–Crippen LogP) is 3.32. The maximum Gasteiger partial charge on any atom is 0.228 e. The molecule has 0 saturated heterocycles. The van der Waals surface area contributed by atoms with Crippen LogP contribution in [0.4, 0.5) is 10.1 Å². The summed E-state index contributed by atoms with van der Waals surface area (Å²) in [6.45, 7) is 1.85. The molecule has 104 valence electrons. The van der Waals surface area contributed by atoms with E-state index in [1.54, 1.807) is 31.4 Å². The molecule has 2 rings (SSSR count). The van der Waals surface area contributed by atoms with Crippen LogP contribution < -0.4 is 10.1 Å². The minimum absolute atomic E-state index is 0.192. The van der Waals surface area contributed by atoms with Crippen molar-refractivity contribution in [3.63, 3.8) is 0 Å². The van der Waals surface area contributed by atoms with Crippen LogP contribution in [-0.4, -0.2) is 13.0 Å². The van der Waals surface area contributed by atoms with Gasteiger partial charge in [-0.05, 0) is 42.3 Å². The molecule has 1 N–H and O–H groups in total. The minimum Gasteiger partial charge on any atom is -0.497 e. The van der Waals surface area contributed by atoms with Crippen LogP contribution in [-0.2, 0) is 11.2 Å². The zero-order chi connectivity index (χ0) is 14.5. The molecule has 2 aromatic rings. The number of amides is 1. The van der Waals surface area contributed by atoms with Crippen LogP contribution in [0.2, 0.25) is 0 Å². The number of rotatable bonds is 4. The molecule has 0 aliphatic rings. The van der Waals surface area contributed by atoms with E-state index in [9.17, 15) is 9.18 Å². The normalized spacial score (nSPS) is 10.2. The Balaban J connectivity index is 2.03. The van der Waals surface area contributed by atoms with Gasteiger partial charge >= 0.3 is 0 Å². The molecule has 20 heavy (non-hydrogen) atoms. The fourth-order valence-electron chi connectivity index (χ4n) is 1.86. The Morgan fingerprint density at radius 1 is 1.20 bits per heavy atom. The van der Waals surface area contributed by atoms with Crippen LogP contribution in [0.3, 0.4) is 0 Å². The second-order valence-electron chi connectivity index (χ2n) is 4.56.